The molecule has 0 fully saturated rings. The Morgan fingerprint density at radius 1 is 1.05 bits per heavy atom. The van der Waals surface area contributed by atoms with Crippen LogP contribution in [0, 0.1) is 0 Å². The van der Waals surface area contributed by atoms with Crippen LogP contribution >= 0.6 is 0 Å². The van der Waals surface area contributed by atoms with Crippen molar-refractivity contribution in [2.75, 3.05) is 37.7 Å². The summed E-state index contributed by atoms with van der Waals surface area (Å²) >= 11 is 0. The molecule has 0 atom stereocenters. The first kappa shape index (κ1) is 16.9. The number of aliphatic hydroxyl groups is 2. The van der Waals surface area contributed by atoms with Crippen molar-refractivity contribution in [3.63, 3.8) is 0 Å². The number of likely N-dealkylation sites (N-methyl/N-ethyl adjacent to an activating group) is 1. The van der Waals surface area contributed by atoms with Crippen molar-refractivity contribution in [1.82, 2.24) is 4.90 Å². The zero-order chi connectivity index (χ0) is 15.8. The molecular weight excluding hydrogens is 276 g/mol. The Morgan fingerprint density at radius 2 is 1.62 bits per heavy atom. The third-order valence-electron chi connectivity index (χ3n) is 3.00. The topological polar surface area (TPSA) is 101 Å². The number of benzene rings is 1. The predicted octanol–water partition coefficient (Wildman–Crippen LogP) is 0.618. The molecular formula is C14H20N2O5. The number of amides is 2. The smallest absolute Gasteiger partial charge is 0.335 e. The van der Waals surface area contributed by atoms with Crippen LogP contribution in [-0.4, -0.2) is 65.1 Å². The standard InChI is InChI=1S/C14H20N2O5/c1-2-15(7-9-17)14(21)16(8-10-18)12-5-3-11(4-6-12)13(19)20/h3-6,17-18H,2,7-10H2,1H3,(H,19,20). The van der Waals surface area contributed by atoms with Crippen molar-refractivity contribution in [2.24, 2.45) is 0 Å². The zero-order valence-electron chi connectivity index (χ0n) is 11.9. The highest BCUT2D eigenvalue weighted by atomic mass is 16.4. The van der Waals surface area contributed by atoms with Crippen LogP contribution in [0.25, 0.3) is 0 Å². The second-order valence-electron chi connectivity index (χ2n) is 4.31. The number of urea groups is 1. The fourth-order valence-corrected chi connectivity index (χ4v) is 1.90. The Bertz CT molecular complexity index is 475. The molecule has 0 unspecified atom stereocenters. The van der Waals surface area contributed by atoms with E-state index in [4.69, 9.17) is 15.3 Å². The van der Waals surface area contributed by atoms with E-state index in [9.17, 15) is 9.59 Å². The Balaban J connectivity index is 2.99. The maximum Gasteiger partial charge on any atom is 0.335 e. The van der Waals surface area contributed by atoms with E-state index in [1.807, 2.05) is 0 Å². The molecule has 0 aromatic heterocycles. The number of hydrogen-bond donors (Lipinski definition) is 3. The van der Waals surface area contributed by atoms with Gasteiger partial charge in [-0.25, -0.2) is 9.59 Å². The van der Waals surface area contributed by atoms with Gasteiger partial charge in [-0.15, -0.1) is 0 Å². The second kappa shape index (κ2) is 8.23. The fourth-order valence-electron chi connectivity index (χ4n) is 1.90. The number of aliphatic hydroxyl groups excluding tert-OH is 2. The largest absolute Gasteiger partial charge is 0.478 e. The molecule has 1 aromatic carbocycles. The van der Waals surface area contributed by atoms with Gasteiger partial charge in [0.2, 0.25) is 0 Å². The number of hydrogen-bond acceptors (Lipinski definition) is 4. The van der Waals surface area contributed by atoms with Crippen molar-refractivity contribution < 1.29 is 24.9 Å². The van der Waals surface area contributed by atoms with E-state index in [0.29, 0.717) is 12.2 Å². The van der Waals surface area contributed by atoms with Crippen LogP contribution in [0.2, 0.25) is 0 Å². The lowest BCUT2D eigenvalue weighted by atomic mass is 10.2. The second-order valence-corrected chi connectivity index (χ2v) is 4.31. The number of carbonyl (C=O) groups is 2. The van der Waals surface area contributed by atoms with E-state index >= 15 is 0 Å². The summed E-state index contributed by atoms with van der Waals surface area (Å²) in [5, 5.41) is 27.0. The maximum atomic E-state index is 12.4. The molecule has 1 aromatic rings. The van der Waals surface area contributed by atoms with Crippen molar-refractivity contribution >= 4 is 17.7 Å². The molecule has 7 heteroatoms. The van der Waals surface area contributed by atoms with Crippen molar-refractivity contribution in [3.05, 3.63) is 29.8 Å². The van der Waals surface area contributed by atoms with Gasteiger partial charge in [0.15, 0.2) is 0 Å². The molecule has 2 amide bonds. The third kappa shape index (κ3) is 4.44. The molecule has 0 radical (unpaired) electrons. The van der Waals surface area contributed by atoms with E-state index in [-0.39, 0.29) is 37.9 Å². The Labute approximate surface area is 123 Å². The summed E-state index contributed by atoms with van der Waals surface area (Å²) in [6, 6.07) is 5.49. The minimum Gasteiger partial charge on any atom is -0.478 e. The Morgan fingerprint density at radius 3 is 2.05 bits per heavy atom. The molecule has 7 nitrogen and oxygen atoms in total. The first-order valence-corrected chi connectivity index (χ1v) is 6.66. The lowest BCUT2D eigenvalue weighted by molar-refractivity contribution is 0.0697. The minimum absolute atomic E-state index is 0.0905. The van der Waals surface area contributed by atoms with Gasteiger partial charge in [0.25, 0.3) is 0 Å². The summed E-state index contributed by atoms with van der Waals surface area (Å²) in [7, 11) is 0. The normalized spacial score (nSPS) is 10.2. The average molecular weight is 296 g/mol. The number of aromatic carboxylic acids is 1. The van der Waals surface area contributed by atoms with Crippen LogP contribution in [0.5, 0.6) is 0 Å². The van der Waals surface area contributed by atoms with Crippen molar-refractivity contribution in [2.45, 2.75) is 6.92 Å². The van der Waals surface area contributed by atoms with Gasteiger partial charge in [-0.1, -0.05) is 0 Å². The van der Waals surface area contributed by atoms with Crippen LogP contribution in [0.1, 0.15) is 17.3 Å². The van der Waals surface area contributed by atoms with Gasteiger partial charge in [-0.3, -0.25) is 4.90 Å². The summed E-state index contributed by atoms with van der Waals surface area (Å²) in [5.41, 5.74) is 0.619. The number of carboxylic acids is 1. The first-order valence-electron chi connectivity index (χ1n) is 6.66. The molecule has 21 heavy (non-hydrogen) atoms. The minimum atomic E-state index is -1.04. The molecule has 0 aliphatic rings. The van der Waals surface area contributed by atoms with E-state index < -0.39 is 5.97 Å². The summed E-state index contributed by atoms with van der Waals surface area (Å²) in [6.07, 6.45) is 0. The van der Waals surface area contributed by atoms with Gasteiger partial charge in [0.1, 0.15) is 0 Å². The number of nitrogens with zero attached hydrogens (tertiary/aromatic N) is 2. The highest BCUT2D eigenvalue weighted by Gasteiger charge is 2.20. The molecule has 0 aliphatic carbocycles. The molecule has 0 saturated heterocycles. The SMILES string of the molecule is CCN(CCO)C(=O)N(CCO)c1ccc(C(=O)O)cc1. The van der Waals surface area contributed by atoms with E-state index in [1.165, 1.54) is 34.1 Å². The van der Waals surface area contributed by atoms with Crippen LogP contribution in [0.3, 0.4) is 0 Å². The van der Waals surface area contributed by atoms with Gasteiger partial charge in [0, 0.05) is 18.8 Å². The van der Waals surface area contributed by atoms with E-state index in [0.717, 1.165) is 0 Å². The molecule has 0 aliphatic heterocycles. The molecule has 116 valence electrons. The highest BCUT2D eigenvalue weighted by molar-refractivity contribution is 5.93. The maximum absolute atomic E-state index is 12.4. The van der Waals surface area contributed by atoms with Gasteiger partial charge in [-0.05, 0) is 31.2 Å². The number of carboxylic acid groups (broad SMARTS) is 1. The van der Waals surface area contributed by atoms with Gasteiger partial charge < -0.3 is 20.2 Å². The van der Waals surface area contributed by atoms with Gasteiger partial charge in [-0.2, -0.15) is 0 Å². The molecule has 3 N–H and O–H groups in total. The average Bonchev–Trinajstić information content (AvgIpc) is 2.49. The van der Waals surface area contributed by atoms with Crippen LogP contribution in [0.15, 0.2) is 24.3 Å². The highest BCUT2D eigenvalue weighted by Crippen LogP contribution is 2.17. The van der Waals surface area contributed by atoms with Gasteiger partial charge >= 0.3 is 12.0 Å². The van der Waals surface area contributed by atoms with Gasteiger partial charge in [0.05, 0.1) is 25.3 Å². The Hall–Kier alpha value is -2.12. The third-order valence-corrected chi connectivity index (χ3v) is 3.00. The number of rotatable bonds is 7. The molecule has 0 bridgehead atoms. The lowest BCUT2D eigenvalue weighted by Crippen LogP contribution is -2.45. The quantitative estimate of drug-likeness (QED) is 0.684. The predicted molar refractivity (Wildman–Crippen MR) is 77.6 cm³/mol. The molecule has 0 heterocycles. The number of anilines is 1. The van der Waals surface area contributed by atoms with Crippen LogP contribution in [-0.2, 0) is 0 Å². The Kier molecular flexibility index (Phi) is 6.64. The van der Waals surface area contributed by atoms with Crippen molar-refractivity contribution in [1.29, 1.82) is 0 Å². The lowest BCUT2D eigenvalue weighted by Gasteiger charge is -2.29. The summed E-state index contributed by atoms with van der Waals surface area (Å²) in [5.74, 6) is -1.04. The summed E-state index contributed by atoms with van der Waals surface area (Å²) < 4.78 is 0. The summed E-state index contributed by atoms with van der Waals surface area (Å²) in [6.45, 7) is 2.14. The zero-order valence-corrected chi connectivity index (χ0v) is 11.9. The monoisotopic (exact) mass is 296 g/mol. The molecule has 1 rings (SSSR count). The van der Waals surface area contributed by atoms with Crippen LogP contribution < -0.4 is 4.90 Å². The van der Waals surface area contributed by atoms with Crippen LogP contribution in [0.4, 0.5) is 10.5 Å². The summed E-state index contributed by atoms with van der Waals surface area (Å²) in [4.78, 5) is 26.0. The van der Waals surface area contributed by atoms with Crippen molar-refractivity contribution in [3.8, 4) is 0 Å². The van der Waals surface area contributed by atoms with E-state index in [2.05, 4.69) is 0 Å². The fraction of sp³-hybridized carbons (Fsp3) is 0.429. The molecule has 0 saturated carbocycles. The molecule has 0 spiro atoms. The number of carbonyl (C=O) groups excluding carboxylic acids is 1. The van der Waals surface area contributed by atoms with E-state index in [1.54, 1.807) is 6.92 Å². The first-order chi connectivity index (χ1) is 10.0.